The number of nitrogens with zero attached hydrogens (tertiary/aromatic N) is 3. The highest BCUT2D eigenvalue weighted by molar-refractivity contribution is 7.89. The molecule has 0 N–H and O–H groups in total. The minimum atomic E-state index is -3.66. The molecular formula is C20H27N3O4S2. The summed E-state index contributed by atoms with van der Waals surface area (Å²) in [6.07, 6.45) is 0. The van der Waals surface area contributed by atoms with E-state index in [4.69, 9.17) is 0 Å². The molecular weight excluding hydrogens is 410 g/mol. The van der Waals surface area contributed by atoms with Crippen LogP contribution in [0.3, 0.4) is 0 Å². The van der Waals surface area contributed by atoms with Crippen molar-refractivity contribution < 1.29 is 16.8 Å². The maximum atomic E-state index is 13.0. The average molecular weight is 438 g/mol. The van der Waals surface area contributed by atoms with Crippen molar-refractivity contribution in [2.75, 3.05) is 44.2 Å². The molecule has 29 heavy (non-hydrogen) atoms. The van der Waals surface area contributed by atoms with Gasteiger partial charge in [0.25, 0.3) is 0 Å². The average Bonchev–Trinajstić information content (AvgIpc) is 2.75. The van der Waals surface area contributed by atoms with Crippen LogP contribution in [0.2, 0.25) is 0 Å². The minimum absolute atomic E-state index is 0.106. The Morgan fingerprint density at radius 1 is 0.759 bits per heavy atom. The number of para-hydroxylation sites is 1. The van der Waals surface area contributed by atoms with Gasteiger partial charge in [-0.1, -0.05) is 32.0 Å². The summed E-state index contributed by atoms with van der Waals surface area (Å²) in [6, 6.07) is 15.4. The molecule has 0 atom stereocenters. The van der Waals surface area contributed by atoms with Crippen molar-refractivity contribution in [1.29, 1.82) is 0 Å². The summed E-state index contributed by atoms with van der Waals surface area (Å²) in [5.41, 5.74) is 1.08. The number of hydrogen-bond acceptors (Lipinski definition) is 5. The number of piperazine rings is 1. The summed E-state index contributed by atoms with van der Waals surface area (Å²) >= 11 is 0. The summed E-state index contributed by atoms with van der Waals surface area (Å²) in [4.78, 5) is 2.38. The van der Waals surface area contributed by atoms with Gasteiger partial charge >= 0.3 is 0 Å². The zero-order valence-corrected chi connectivity index (χ0v) is 18.4. The molecule has 0 amide bonds. The van der Waals surface area contributed by atoms with Gasteiger partial charge in [-0.25, -0.2) is 16.8 Å². The molecule has 7 nitrogen and oxygen atoms in total. The zero-order valence-electron chi connectivity index (χ0n) is 16.7. The SMILES string of the molecule is CCN(CC)S(=O)(=O)c1ccc(S(=O)(=O)N2CCN(c3ccccc3)CC2)cc1. The van der Waals surface area contributed by atoms with Crippen LogP contribution in [0.15, 0.2) is 64.4 Å². The maximum Gasteiger partial charge on any atom is 0.243 e. The van der Waals surface area contributed by atoms with Gasteiger partial charge in [0.15, 0.2) is 0 Å². The van der Waals surface area contributed by atoms with Gasteiger partial charge in [0, 0.05) is 45.0 Å². The van der Waals surface area contributed by atoms with Crippen LogP contribution in [-0.2, 0) is 20.0 Å². The van der Waals surface area contributed by atoms with Crippen LogP contribution in [0.5, 0.6) is 0 Å². The summed E-state index contributed by atoms with van der Waals surface area (Å²) in [5, 5.41) is 0. The van der Waals surface area contributed by atoms with Crippen molar-refractivity contribution in [3.8, 4) is 0 Å². The van der Waals surface area contributed by atoms with Crippen LogP contribution in [0.1, 0.15) is 13.8 Å². The lowest BCUT2D eigenvalue weighted by Gasteiger charge is -2.35. The van der Waals surface area contributed by atoms with Gasteiger partial charge in [-0.05, 0) is 36.4 Å². The standard InChI is InChI=1S/C20H27N3O4S2/c1-3-22(4-2)28(24,25)19-10-12-20(13-11-19)29(26,27)23-16-14-21(15-17-23)18-8-6-5-7-9-18/h5-13H,3-4,14-17H2,1-2H3. The van der Waals surface area contributed by atoms with E-state index in [0.29, 0.717) is 39.3 Å². The van der Waals surface area contributed by atoms with Crippen LogP contribution in [0, 0.1) is 0 Å². The first-order valence-electron chi connectivity index (χ1n) is 9.71. The van der Waals surface area contributed by atoms with Crippen molar-refractivity contribution in [3.05, 3.63) is 54.6 Å². The smallest absolute Gasteiger partial charge is 0.243 e. The van der Waals surface area contributed by atoms with Gasteiger partial charge < -0.3 is 4.90 Å². The first-order chi connectivity index (χ1) is 13.8. The molecule has 3 rings (SSSR count). The van der Waals surface area contributed by atoms with Crippen LogP contribution < -0.4 is 4.90 Å². The highest BCUT2D eigenvalue weighted by atomic mass is 32.2. The molecule has 0 aromatic heterocycles. The largest absolute Gasteiger partial charge is 0.369 e. The second-order valence-electron chi connectivity index (χ2n) is 6.79. The van der Waals surface area contributed by atoms with Gasteiger partial charge in [0.05, 0.1) is 9.79 Å². The summed E-state index contributed by atoms with van der Waals surface area (Å²) < 4.78 is 54.0. The molecule has 0 unspecified atom stereocenters. The van der Waals surface area contributed by atoms with Crippen molar-refractivity contribution >= 4 is 25.7 Å². The van der Waals surface area contributed by atoms with E-state index in [9.17, 15) is 16.8 Å². The van der Waals surface area contributed by atoms with Crippen molar-refractivity contribution in [2.24, 2.45) is 0 Å². The molecule has 0 aliphatic carbocycles. The molecule has 1 aliphatic rings. The predicted molar refractivity (Wildman–Crippen MR) is 114 cm³/mol. The third-order valence-corrected chi connectivity index (χ3v) is 9.14. The van der Waals surface area contributed by atoms with Crippen LogP contribution in [0.4, 0.5) is 5.69 Å². The van der Waals surface area contributed by atoms with Gasteiger partial charge in [0.1, 0.15) is 0 Å². The Balaban J connectivity index is 1.74. The van der Waals surface area contributed by atoms with Crippen molar-refractivity contribution in [3.63, 3.8) is 0 Å². The minimum Gasteiger partial charge on any atom is -0.369 e. The highest BCUT2D eigenvalue weighted by Crippen LogP contribution is 2.23. The number of hydrogen-bond donors (Lipinski definition) is 0. The molecule has 2 aromatic rings. The third kappa shape index (κ3) is 4.48. The Morgan fingerprint density at radius 3 is 1.79 bits per heavy atom. The van der Waals surface area contributed by atoms with E-state index < -0.39 is 20.0 Å². The Hall–Kier alpha value is -1.94. The highest BCUT2D eigenvalue weighted by Gasteiger charge is 2.29. The van der Waals surface area contributed by atoms with E-state index in [1.54, 1.807) is 13.8 Å². The Kier molecular flexibility index (Phi) is 6.62. The summed E-state index contributed by atoms with van der Waals surface area (Å²) in [5.74, 6) is 0. The third-order valence-electron chi connectivity index (χ3n) is 5.16. The molecule has 2 aromatic carbocycles. The van der Waals surface area contributed by atoms with E-state index in [0.717, 1.165) is 5.69 Å². The lowest BCUT2D eigenvalue weighted by Crippen LogP contribution is -2.48. The Morgan fingerprint density at radius 2 is 1.28 bits per heavy atom. The van der Waals surface area contributed by atoms with E-state index in [-0.39, 0.29) is 9.79 Å². The Bertz CT molecular complexity index is 1010. The molecule has 1 fully saturated rings. The van der Waals surface area contributed by atoms with Crippen LogP contribution >= 0.6 is 0 Å². The molecule has 0 saturated carbocycles. The predicted octanol–water partition coefficient (Wildman–Crippen LogP) is 2.23. The van der Waals surface area contributed by atoms with Gasteiger partial charge in [-0.3, -0.25) is 0 Å². The normalized spacial score (nSPS) is 16.3. The monoisotopic (exact) mass is 437 g/mol. The second-order valence-corrected chi connectivity index (χ2v) is 10.7. The van der Waals surface area contributed by atoms with Gasteiger partial charge in [0.2, 0.25) is 20.0 Å². The van der Waals surface area contributed by atoms with E-state index in [2.05, 4.69) is 4.90 Å². The fraction of sp³-hybridized carbons (Fsp3) is 0.400. The van der Waals surface area contributed by atoms with Crippen molar-refractivity contribution in [1.82, 2.24) is 8.61 Å². The summed E-state index contributed by atoms with van der Waals surface area (Å²) in [7, 11) is -7.27. The molecule has 1 aliphatic heterocycles. The maximum absolute atomic E-state index is 13.0. The fourth-order valence-electron chi connectivity index (χ4n) is 3.47. The van der Waals surface area contributed by atoms with E-state index >= 15 is 0 Å². The lowest BCUT2D eigenvalue weighted by atomic mass is 10.2. The van der Waals surface area contributed by atoms with Crippen LogP contribution in [-0.4, -0.2) is 64.7 Å². The molecule has 1 saturated heterocycles. The molecule has 0 spiro atoms. The topological polar surface area (TPSA) is 78.0 Å². The zero-order chi connectivity index (χ0) is 21.1. The first kappa shape index (κ1) is 21.8. The van der Waals surface area contributed by atoms with Crippen LogP contribution in [0.25, 0.3) is 0 Å². The second kappa shape index (κ2) is 8.83. The molecule has 0 bridgehead atoms. The lowest BCUT2D eigenvalue weighted by molar-refractivity contribution is 0.385. The fourth-order valence-corrected chi connectivity index (χ4v) is 6.35. The number of anilines is 1. The van der Waals surface area contributed by atoms with Gasteiger partial charge in [-0.15, -0.1) is 0 Å². The first-order valence-corrected chi connectivity index (χ1v) is 12.6. The summed E-state index contributed by atoms with van der Waals surface area (Å²) in [6.45, 7) is 6.27. The number of rotatable bonds is 7. The molecule has 0 radical (unpaired) electrons. The number of sulfonamides is 2. The quantitative estimate of drug-likeness (QED) is 0.664. The molecule has 9 heteroatoms. The number of benzene rings is 2. The molecule has 1 heterocycles. The van der Waals surface area contributed by atoms with Crippen molar-refractivity contribution in [2.45, 2.75) is 23.6 Å². The van der Waals surface area contributed by atoms with E-state index in [1.807, 2.05) is 30.3 Å². The Labute approximate surface area is 173 Å². The van der Waals surface area contributed by atoms with E-state index in [1.165, 1.54) is 32.9 Å². The molecule has 158 valence electrons. The van der Waals surface area contributed by atoms with Gasteiger partial charge in [-0.2, -0.15) is 8.61 Å².